The van der Waals surface area contributed by atoms with Crippen LogP contribution >= 0.6 is 0 Å². The Hall–Kier alpha value is -1.26. The molecule has 2 rings (SSSR count). The predicted molar refractivity (Wildman–Crippen MR) is 72.0 cm³/mol. The minimum atomic E-state index is -0.765. The first-order valence-electron chi connectivity index (χ1n) is 7.25. The summed E-state index contributed by atoms with van der Waals surface area (Å²) in [5, 5.41) is 9.44. The van der Waals surface area contributed by atoms with Gasteiger partial charge in [0.1, 0.15) is 0 Å². The third-order valence-corrected chi connectivity index (χ3v) is 4.90. The largest absolute Gasteiger partial charge is 0.481 e. The van der Waals surface area contributed by atoms with Gasteiger partial charge in [-0.2, -0.15) is 0 Å². The lowest BCUT2D eigenvalue weighted by Crippen LogP contribution is -2.55. The molecule has 108 valence electrons. The molecule has 19 heavy (non-hydrogen) atoms. The molecule has 0 radical (unpaired) electrons. The van der Waals surface area contributed by atoms with E-state index in [0.717, 1.165) is 19.3 Å². The molecule has 1 saturated carbocycles. The topological polar surface area (TPSA) is 60.9 Å². The summed E-state index contributed by atoms with van der Waals surface area (Å²) >= 11 is 0. The van der Waals surface area contributed by atoms with Gasteiger partial charge < -0.3 is 14.9 Å². The van der Waals surface area contributed by atoms with Gasteiger partial charge in [0.2, 0.25) is 0 Å². The van der Waals surface area contributed by atoms with Crippen molar-refractivity contribution in [3.8, 4) is 0 Å². The molecule has 1 aliphatic carbocycles. The maximum atomic E-state index is 12.4. The molecular weight excluding hydrogens is 244 g/mol. The van der Waals surface area contributed by atoms with Crippen LogP contribution in [-0.4, -0.2) is 53.1 Å². The van der Waals surface area contributed by atoms with Gasteiger partial charge in [-0.25, -0.2) is 4.79 Å². The lowest BCUT2D eigenvalue weighted by atomic mass is 9.78. The van der Waals surface area contributed by atoms with Gasteiger partial charge in [-0.1, -0.05) is 6.92 Å². The molecule has 2 amide bonds. The number of carboxylic acids is 1. The molecule has 0 bridgehead atoms. The lowest BCUT2D eigenvalue weighted by Gasteiger charge is -2.43. The van der Waals surface area contributed by atoms with Gasteiger partial charge in [0.25, 0.3) is 0 Å². The highest BCUT2D eigenvalue weighted by Gasteiger charge is 2.43. The van der Waals surface area contributed by atoms with Crippen LogP contribution in [0.3, 0.4) is 0 Å². The Morgan fingerprint density at radius 1 is 1.37 bits per heavy atom. The smallest absolute Gasteiger partial charge is 0.320 e. The van der Waals surface area contributed by atoms with Gasteiger partial charge >= 0.3 is 12.0 Å². The third kappa shape index (κ3) is 2.55. The molecule has 0 spiro atoms. The summed E-state index contributed by atoms with van der Waals surface area (Å²) in [5.74, 6) is -0.765. The summed E-state index contributed by atoms with van der Waals surface area (Å²) in [6.45, 7) is 2.94. The van der Waals surface area contributed by atoms with Crippen molar-refractivity contribution in [3.05, 3.63) is 0 Å². The highest BCUT2D eigenvalue weighted by Crippen LogP contribution is 2.34. The summed E-state index contributed by atoms with van der Waals surface area (Å²) in [4.78, 5) is 27.5. The number of piperidine rings is 1. The molecular formula is C14H24N2O3. The first-order chi connectivity index (χ1) is 9.00. The van der Waals surface area contributed by atoms with Gasteiger partial charge in [0, 0.05) is 26.2 Å². The van der Waals surface area contributed by atoms with Crippen LogP contribution in [0.1, 0.15) is 45.4 Å². The van der Waals surface area contributed by atoms with Gasteiger partial charge in [-0.05, 0) is 38.5 Å². The zero-order chi connectivity index (χ0) is 14.0. The van der Waals surface area contributed by atoms with Crippen molar-refractivity contribution < 1.29 is 14.7 Å². The van der Waals surface area contributed by atoms with Crippen molar-refractivity contribution in [2.24, 2.45) is 5.41 Å². The zero-order valence-corrected chi connectivity index (χ0v) is 11.9. The number of carboxylic acid groups (broad SMARTS) is 1. The van der Waals surface area contributed by atoms with Crippen LogP contribution in [-0.2, 0) is 4.79 Å². The summed E-state index contributed by atoms with van der Waals surface area (Å²) in [6, 6.07) is 0.360. The van der Waals surface area contributed by atoms with E-state index in [0.29, 0.717) is 32.0 Å². The van der Waals surface area contributed by atoms with Gasteiger partial charge in [-0.3, -0.25) is 4.79 Å². The van der Waals surface area contributed by atoms with Crippen molar-refractivity contribution >= 4 is 12.0 Å². The molecule has 1 N–H and O–H groups in total. The van der Waals surface area contributed by atoms with Crippen molar-refractivity contribution in [2.75, 3.05) is 20.1 Å². The molecule has 1 saturated heterocycles. The lowest BCUT2D eigenvalue weighted by molar-refractivity contribution is -0.152. The van der Waals surface area contributed by atoms with Crippen LogP contribution < -0.4 is 0 Å². The Balaban J connectivity index is 2.03. The molecule has 1 aliphatic heterocycles. The molecule has 1 unspecified atom stereocenters. The van der Waals surface area contributed by atoms with E-state index in [2.05, 4.69) is 0 Å². The minimum Gasteiger partial charge on any atom is -0.481 e. The fourth-order valence-electron chi connectivity index (χ4n) is 3.06. The number of hydrogen-bond donors (Lipinski definition) is 1. The summed E-state index contributed by atoms with van der Waals surface area (Å²) in [6.07, 6.45) is 5.39. The van der Waals surface area contributed by atoms with Crippen molar-refractivity contribution in [1.29, 1.82) is 0 Å². The van der Waals surface area contributed by atoms with E-state index in [1.807, 2.05) is 14.0 Å². The van der Waals surface area contributed by atoms with Crippen LogP contribution in [0.2, 0.25) is 0 Å². The second kappa shape index (κ2) is 5.39. The maximum absolute atomic E-state index is 12.4. The van der Waals surface area contributed by atoms with Gasteiger partial charge in [0.05, 0.1) is 5.41 Å². The molecule has 5 heteroatoms. The second-order valence-corrected chi connectivity index (χ2v) is 5.94. The first-order valence-corrected chi connectivity index (χ1v) is 7.25. The Kier molecular flexibility index (Phi) is 4.02. The SMILES string of the molecule is CCC1(C(=O)O)CCCN(C(=O)N(C)C2CCC2)C1. The number of nitrogens with zero attached hydrogens (tertiary/aromatic N) is 2. The Morgan fingerprint density at radius 3 is 2.53 bits per heavy atom. The second-order valence-electron chi connectivity index (χ2n) is 5.94. The van der Waals surface area contributed by atoms with Gasteiger partial charge in [0.15, 0.2) is 0 Å². The number of hydrogen-bond acceptors (Lipinski definition) is 2. The molecule has 2 fully saturated rings. The maximum Gasteiger partial charge on any atom is 0.320 e. The Morgan fingerprint density at radius 2 is 2.05 bits per heavy atom. The molecule has 1 atom stereocenters. The molecule has 0 aromatic heterocycles. The highest BCUT2D eigenvalue weighted by molar-refractivity contribution is 5.79. The molecule has 2 aliphatic rings. The Labute approximate surface area is 114 Å². The van der Waals surface area contributed by atoms with E-state index in [-0.39, 0.29) is 6.03 Å². The fourth-order valence-corrected chi connectivity index (χ4v) is 3.06. The van der Waals surface area contributed by atoms with Crippen molar-refractivity contribution in [3.63, 3.8) is 0 Å². The van der Waals surface area contributed by atoms with Crippen LogP contribution in [0.4, 0.5) is 4.79 Å². The number of carbonyl (C=O) groups is 2. The molecule has 5 nitrogen and oxygen atoms in total. The summed E-state index contributed by atoms with van der Waals surface area (Å²) in [5.41, 5.74) is -0.742. The summed E-state index contributed by atoms with van der Waals surface area (Å²) < 4.78 is 0. The van der Waals surface area contributed by atoms with E-state index in [9.17, 15) is 14.7 Å². The number of likely N-dealkylation sites (tertiary alicyclic amines) is 1. The zero-order valence-electron chi connectivity index (χ0n) is 11.9. The molecule has 1 heterocycles. The Bertz CT molecular complexity index is 368. The highest BCUT2D eigenvalue weighted by atomic mass is 16.4. The average Bonchev–Trinajstić information content (AvgIpc) is 2.35. The predicted octanol–water partition coefficient (Wildman–Crippen LogP) is 2.17. The monoisotopic (exact) mass is 268 g/mol. The van der Waals surface area contributed by atoms with Crippen LogP contribution in [0.15, 0.2) is 0 Å². The van der Waals surface area contributed by atoms with Crippen LogP contribution in [0.25, 0.3) is 0 Å². The molecule has 0 aromatic rings. The van der Waals surface area contributed by atoms with Crippen molar-refractivity contribution in [1.82, 2.24) is 9.80 Å². The van der Waals surface area contributed by atoms with E-state index in [4.69, 9.17) is 0 Å². The standard InChI is InChI=1S/C14H24N2O3/c1-3-14(12(17)18)8-5-9-16(10-14)13(19)15(2)11-6-4-7-11/h11H,3-10H2,1-2H3,(H,17,18). The van der Waals surface area contributed by atoms with E-state index in [1.165, 1.54) is 6.42 Å². The normalized spacial score (nSPS) is 27.8. The van der Waals surface area contributed by atoms with Crippen molar-refractivity contribution in [2.45, 2.75) is 51.5 Å². The first kappa shape index (κ1) is 14.2. The van der Waals surface area contributed by atoms with Gasteiger partial charge in [-0.15, -0.1) is 0 Å². The number of amides is 2. The fraction of sp³-hybridized carbons (Fsp3) is 0.857. The van der Waals surface area contributed by atoms with E-state index < -0.39 is 11.4 Å². The van der Waals surface area contributed by atoms with E-state index in [1.54, 1.807) is 9.80 Å². The number of urea groups is 1. The summed E-state index contributed by atoms with van der Waals surface area (Å²) in [7, 11) is 1.84. The van der Waals surface area contributed by atoms with Crippen LogP contribution in [0.5, 0.6) is 0 Å². The quantitative estimate of drug-likeness (QED) is 0.853. The van der Waals surface area contributed by atoms with Crippen LogP contribution in [0, 0.1) is 5.41 Å². The van der Waals surface area contributed by atoms with E-state index >= 15 is 0 Å². The third-order valence-electron chi connectivity index (χ3n) is 4.90. The molecule has 0 aromatic carbocycles. The number of rotatable bonds is 3. The number of carbonyl (C=O) groups excluding carboxylic acids is 1. The minimum absolute atomic E-state index is 0.00322. The average molecular weight is 268 g/mol. The number of aliphatic carboxylic acids is 1.